The highest BCUT2D eigenvalue weighted by molar-refractivity contribution is 7.91. The molecule has 0 radical (unpaired) electrons. The van der Waals surface area contributed by atoms with Gasteiger partial charge in [-0.2, -0.15) is 9.71 Å². The van der Waals surface area contributed by atoms with Gasteiger partial charge in [0.15, 0.2) is 0 Å². The summed E-state index contributed by atoms with van der Waals surface area (Å²) >= 11 is 0.755. The molecule has 31 heavy (non-hydrogen) atoms. The van der Waals surface area contributed by atoms with Crippen molar-refractivity contribution >= 4 is 32.4 Å². The summed E-state index contributed by atoms with van der Waals surface area (Å²) in [7, 11) is -3.96. The van der Waals surface area contributed by atoms with E-state index in [1.807, 2.05) is 24.3 Å². The highest BCUT2D eigenvalue weighted by Crippen LogP contribution is 2.25. The topological polar surface area (TPSA) is 140 Å². The molecular formula is C19H24N6O4S2. The first-order valence-corrected chi connectivity index (χ1v) is 11.8. The second-order valence-corrected chi connectivity index (χ2v) is 11.1. The molecule has 0 spiro atoms. The molecule has 0 aliphatic rings. The molecule has 0 aliphatic heterocycles. The first-order chi connectivity index (χ1) is 14.5. The highest BCUT2D eigenvalue weighted by Gasteiger charge is 2.22. The molecule has 2 N–H and O–H groups in total. The Morgan fingerprint density at radius 3 is 2.45 bits per heavy atom. The lowest BCUT2D eigenvalue weighted by Crippen LogP contribution is -2.23. The van der Waals surface area contributed by atoms with E-state index in [9.17, 15) is 13.2 Å². The molecule has 3 rings (SSSR count). The van der Waals surface area contributed by atoms with Crippen molar-refractivity contribution in [1.29, 1.82) is 0 Å². The van der Waals surface area contributed by atoms with Gasteiger partial charge in [0.2, 0.25) is 27.1 Å². The van der Waals surface area contributed by atoms with Gasteiger partial charge in [0.25, 0.3) is 10.0 Å². The van der Waals surface area contributed by atoms with Gasteiger partial charge in [-0.3, -0.25) is 4.79 Å². The van der Waals surface area contributed by atoms with Crippen LogP contribution in [-0.2, 0) is 26.8 Å². The maximum atomic E-state index is 12.4. The molecule has 0 aliphatic carbocycles. The molecule has 0 atom stereocenters. The maximum Gasteiger partial charge on any atom is 0.270 e. The molecule has 0 saturated carbocycles. The lowest BCUT2D eigenvalue weighted by Gasteiger charge is -2.18. The van der Waals surface area contributed by atoms with Crippen molar-refractivity contribution in [2.75, 3.05) is 5.32 Å². The first kappa shape index (κ1) is 23.0. The number of hydrogen-bond acceptors (Lipinski definition) is 9. The summed E-state index contributed by atoms with van der Waals surface area (Å²) in [5.41, 5.74) is 1.97. The number of aromatic nitrogens is 4. The normalized spacial score (nSPS) is 12.3. The third-order valence-corrected chi connectivity index (χ3v) is 6.89. The second kappa shape index (κ2) is 8.81. The molecule has 1 amide bonds. The third-order valence-electron chi connectivity index (χ3n) is 4.28. The quantitative estimate of drug-likeness (QED) is 0.509. The van der Waals surface area contributed by atoms with Crippen molar-refractivity contribution in [3.05, 3.63) is 35.7 Å². The fraction of sp³-hybridized carbons (Fsp3) is 0.421. The van der Waals surface area contributed by atoms with Crippen molar-refractivity contribution in [3.8, 4) is 11.4 Å². The van der Waals surface area contributed by atoms with E-state index in [1.54, 1.807) is 13.8 Å². The van der Waals surface area contributed by atoms with E-state index in [1.165, 1.54) is 5.56 Å². The third kappa shape index (κ3) is 5.71. The zero-order valence-electron chi connectivity index (χ0n) is 17.8. The van der Waals surface area contributed by atoms with Gasteiger partial charge in [-0.1, -0.05) is 75.4 Å². The number of sulfonamides is 1. The van der Waals surface area contributed by atoms with Crippen molar-refractivity contribution in [2.45, 2.75) is 50.9 Å². The van der Waals surface area contributed by atoms with Crippen molar-refractivity contribution in [1.82, 2.24) is 25.1 Å². The summed E-state index contributed by atoms with van der Waals surface area (Å²) in [4.78, 5) is 15.9. The molecule has 0 fully saturated rings. The molecule has 0 saturated heterocycles. The van der Waals surface area contributed by atoms with E-state index in [2.05, 4.69) is 51.1 Å². The van der Waals surface area contributed by atoms with E-state index in [0.29, 0.717) is 5.82 Å². The monoisotopic (exact) mass is 464 g/mol. The van der Waals surface area contributed by atoms with Gasteiger partial charge < -0.3 is 9.84 Å². The van der Waals surface area contributed by atoms with E-state index >= 15 is 0 Å². The molecule has 1 aromatic carbocycles. The molecule has 166 valence electrons. The van der Waals surface area contributed by atoms with Crippen LogP contribution in [0.3, 0.4) is 0 Å². The minimum absolute atomic E-state index is 0.0291. The summed E-state index contributed by atoms with van der Waals surface area (Å²) in [6.07, 6.45) is 0. The van der Waals surface area contributed by atoms with Crippen LogP contribution in [0.1, 0.15) is 46.1 Å². The Balaban J connectivity index is 1.65. The van der Waals surface area contributed by atoms with Gasteiger partial charge in [-0.15, -0.1) is 10.2 Å². The Morgan fingerprint density at radius 2 is 1.84 bits per heavy atom. The van der Waals surface area contributed by atoms with Gasteiger partial charge >= 0.3 is 0 Å². The van der Waals surface area contributed by atoms with Crippen molar-refractivity contribution in [2.24, 2.45) is 5.92 Å². The first-order valence-electron chi connectivity index (χ1n) is 9.53. The Labute approximate surface area is 184 Å². The number of carbonyl (C=O) groups is 1. The van der Waals surface area contributed by atoms with Gasteiger partial charge in [0.1, 0.15) is 0 Å². The summed E-state index contributed by atoms with van der Waals surface area (Å²) in [6, 6.07) is 7.79. The Kier molecular flexibility index (Phi) is 6.53. The van der Waals surface area contributed by atoms with Crippen LogP contribution in [-0.4, -0.2) is 34.7 Å². The van der Waals surface area contributed by atoms with Gasteiger partial charge in [0.05, 0.1) is 6.54 Å². The molecule has 2 heterocycles. The molecule has 0 unspecified atom stereocenters. The number of carbonyl (C=O) groups excluding carboxylic acids is 1. The average Bonchev–Trinajstić information content (AvgIpc) is 3.36. The number of nitrogens with zero attached hydrogens (tertiary/aromatic N) is 4. The molecule has 2 aromatic heterocycles. The molecular weight excluding hydrogens is 440 g/mol. The standard InChI is InChI=1S/C19H24N6O4S2/c1-11(2)16(26)22-17-23-24-18(30-17)31(27,28)20-10-14-21-15(25-29-14)12-6-8-13(9-7-12)19(3,4)5/h6-9,11,20H,10H2,1-5H3,(H,22,23,26). The smallest absolute Gasteiger partial charge is 0.270 e. The zero-order chi connectivity index (χ0) is 22.8. The van der Waals surface area contributed by atoms with Crippen molar-refractivity contribution in [3.63, 3.8) is 0 Å². The van der Waals surface area contributed by atoms with Crippen LogP contribution in [0, 0.1) is 5.92 Å². The Bertz CT molecular complexity index is 1160. The number of nitrogens with one attached hydrogen (secondary N) is 2. The van der Waals surface area contributed by atoms with Crippen molar-refractivity contribution < 1.29 is 17.7 Å². The average molecular weight is 465 g/mol. The maximum absolute atomic E-state index is 12.4. The highest BCUT2D eigenvalue weighted by atomic mass is 32.2. The molecule has 3 aromatic rings. The summed E-state index contributed by atoms with van der Waals surface area (Å²) < 4.78 is 32.1. The fourth-order valence-corrected chi connectivity index (χ4v) is 4.32. The minimum Gasteiger partial charge on any atom is -0.338 e. The van der Waals surface area contributed by atoms with Gasteiger partial charge in [0, 0.05) is 11.5 Å². The number of rotatable bonds is 7. The largest absolute Gasteiger partial charge is 0.338 e. The van der Waals surface area contributed by atoms with E-state index in [4.69, 9.17) is 4.52 Å². The molecule has 10 nitrogen and oxygen atoms in total. The van der Waals surface area contributed by atoms with Crippen LogP contribution >= 0.6 is 11.3 Å². The second-order valence-electron chi connectivity index (χ2n) is 8.18. The SMILES string of the molecule is CC(C)C(=O)Nc1nnc(S(=O)(=O)NCc2nc(-c3ccc(C(C)(C)C)cc3)no2)s1. The van der Waals surface area contributed by atoms with Crippen LogP contribution in [0.4, 0.5) is 5.13 Å². The number of anilines is 1. The van der Waals surface area contributed by atoms with Gasteiger partial charge in [-0.05, 0) is 11.0 Å². The Morgan fingerprint density at radius 1 is 1.16 bits per heavy atom. The lowest BCUT2D eigenvalue weighted by molar-refractivity contribution is -0.118. The molecule has 0 bridgehead atoms. The Hall–Kier alpha value is -2.70. The van der Waals surface area contributed by atoms with Crippen LogP contribution in [0.2, 0.25) is 0 Å². The summed E-state index contributed by atoms with van der Waals surface area (Å²) in [5.74, 6) is -0.0685. The van der Waals surface area contributed by atoms with Crippen LogP contribution in [0.15, 0.2) is 33.1 Å². The number of amides is 1. The fourth-order valence-electron chi connectivity index (χ4n) is 2.40. The van der Waals surface area contributed by atoms with Crippen LogP contribution in [0.5, 0.6) is 0 Å². The van der Waals surface area contributed by atoms with E-state index in [-0.39, 0.29) is 39.1 Å². The predicted octanol–water partition coefficient (Wildman–Crippen LogP) is 2.96. The lowest BCUT2D eigenvalue weighted by atomic mass is 9.87. The van der Waals surface area contributed by atoms with Crippen LogP contribution in [0.25, 0.3) is 11.4 Å². The number of benzene rings is 1. The summed E-state index contributed by atoms with van der Waals surface area (Å²) in [6.45, 7) is 9.60. The molecule has 12 heteroatoms. The predicted molar refractivity (Wildman–Crippen MR) is 116 cm³/mol. The van der Waals surface area contributed by atoms with Gasteiger partial charge in [-0.25, -0.2) is 8.42 Å². The number of hydrogen-bond donors (Lipinski definition) is 2. The van der Waals surface area contributed by atoms with E-state index < -0.39 is 10.0 Å². The summed E-state index contributed by atoms with van der Waals surface area (Å²) in [5, 5.41) is 13.9. The van der Waals surface area contributed by atoms with E-state index in [0.717, 1.165) is 16.9 Å². The van der Waals surface area contributed by atoms with Crippen LogP contribution < -0.4 is 10.0 Å². The zero-order valence-corrected chi connectivity index (χ0v) is 19.5. The minimum atomic E-state index is -3.96.